The minimum atomic E-state index is 0.708. The lowest BCUT2D eigenvalue weighted by Gasteiger charge is -2.17. The molecular formula is C13H27NO2. The van der Waals surface area contributed by atoms with Crippen LogP contribution >= 0.6 is 0 Å². The smallest absolute Gasteiger partial charge is 0.0700 e. The number of methoxy groups -OCH3 is 1. The molecule has 3 nitrogen and oxygen atoms in total. The van der Waals surface area contributed by atoms with Crippen LogP contribution < -0.4 is 5.32 Å². The lowest BCUT2D eigenvalue weighted by Crippen LogP contribution is -2.31. The molecule has 0 saturated heterocycles. The standard InChI is InChI=1S/C13H27NO2/c1-3-8-14-13(12-6-7-12)5-4-9-16-11-10-15-2/h12-14H,3-11H2,1-2H3. The number of rotatable bonds is 11. The Morgan fingerprint density at radius 1 is 1.25 bits per heavy atom. The summed E-state index contributed by atoms with van der Waals surface area (Å²) < 4.78 is 10.4. The van der Waals surface area contributed by atoms with E-state index in [-0.39, 0.29) is 0 Å². The molecule has 0 amide bonds. The highest BCUT2D eigenvalue weighted by Crippen LogP contribution is 2.34. The van der Waals surface area contributed by atoms with E-state index in [9.17, 15) is 0 Å². The van der Waals surface area contributed by atoms with Gasteiger partial charge < -0.3 is 14.8 Å². The quantitative estimate of drug-likeness (QED) is 0.551. The van der Waals surface area contributed by atoms with Crippen molar-refractivity contribution >= 4 is 0 Å². The Kier molecular flexibility index (Phi) is 7.81. The van der Waals surface area contributed by atoms with Gasteiger partial charge in [0.05, 0.1) is 13.2 Å². The van der Waals surface area contributed by atoms with Crippen molar-refractivity contribution in [2.24, 2.45) is 5.92 Å². The number of hydrogen-bond acceptors (Lipinski definition) is 3. The van der Waals surface area contributed by atoms with Gasteiger partial charge in [0.2, 0.25) is 0 Å². The highest BCUT2D eigenvalue weighted by Gasteiger charge is 2.29. The zero-order valence-electron chi connectivity index (χ0n) is 10.8. The molecule has 0 bridgehead atoms. The van der Waals surface area contributed by atoms with Crippen LogP contribution in [-0.2, 0) is 9.47 Å². The third kappa shape index (κ3) is 6.46. The number of nitrogens with one attached hydrogen (secondary N) is 1. The van der Waals surface area contributed by atoms with Gasteiger partial charge in [0.15, 0.2) is 0 Å². The van der Waals surface area contributed by atoms with E-state index in [2.05, 4.69) is 12.2 Å². The topological polar surface area (TPSA) is 30.5 Å². The van der Waals surface area contributed by atoms with Crippen molar-refractivity contribution in [3.8, 4) is 0 Å². The van der Waals surface area contributed by atoms with E-state index in [0.29, 0.717) is 6.61 Å². The molecule has 1 fully saturated rings. The molecule has 16 heavy (non-hydrogen) atoms. The first kappa shape index (κ1) is 13.9. The molecule has 0 aromatic rings. The maximum Gasteiger partial charge on any atom is 0.0700 e. The van der Waals surface area contributed by atoms with Crippen LogP contribution in [0.25, 0.3) is 0 Å². The first-order chi connectivity index (χ1) is 7.88. The van der Waals surface area contributed by atoms with E-state index < -0.39 is 0 Å². The van der Waals surface area contributed by atoms with E-state index in [1.165, 1.54) is 32.1 Å². The Morgan fingerprint density at radius 3 is 2.69 bits per heavy atom. The van der Waals surface area contributed by atoms with Crippen molar-refractivity contribution in [3.63, 3.8) is 0 Å². The van der Waals surface area contributed by atoms with Gasteiger partial charge in [-0.1, -0.05) is 6.92 Å². The minimum Gasteiger partial charge on any atom is -0.382 e. The molecule has 3 heteroatoms. The van der Waals surface area contributed by atoms with E-state index in [0.717, 1.165) is 31.7 Å². The van der Waals surface area contributed by atoms with Crippen molar-refractivity contribution < 1.29 is 9.47 Å². The SMILES string of the molecule is CCCNC(CCCOCCOC)C1CC1. The Labute approximate surface area is 99.9 Å². The van der Waals surface area contributed by atoms with Crippen LogP contribution in [0.5, 0.6) is 0 Å². The average molecular weight is 229 g/mol. The monoisotopic (exact) mass is 229 g/mol. The molecule has 1 N–H and O–H groups in total. The summed E-state index contributed by atoms with van der Waals surface area (Å²) in [5.41, 5.74) is 0. The minimum absolute atomic E-state index is 0.708. The molecule has 0 aromatic carbocycles. The van der Waals surface area contributed by atoms with Crippen LogP contribution in [-0.4, -0.2) is 39.5 Å². The molecule has 0 radical (unpaired) electrons. The number of ether oxygens (including phenoxy) is 2. The van der Waals surface area contributed by atoms with Gasteiger partial charge in [-0.3, -0.25) is 0 Å². The summed E-state index contributed by atoms with van der Waals surface area (Å²) >= 11 is 0. The van der Waals surface area contributed by atoms with Crippen molar-refractivity contribution in [1.29, 1.82) is 0 Å². The van der Waals surface area contributed by atoms with Crippen molar-refractivity contribution in [3.05, 3.63) is 0 Å². The second-order valence-corrected chi connectivity index (χ2v) is 4.65. The summed E-state index contributed by atoms with van der Waals surface area (Å²) in [5, 5.41) is 3.65. The van der Waals surface area contributed by atoms with Crippen LogP contribution in [0, 0.1) is 5.92 Å². The van der Waals surface area contributed by atoms with Crippen LogP contribution in [0.3, 0.4) is 0 Å². The molecule has 1 atom stereocenters. The fraction of sp³-hybridized carbons (Fsp3) is 1.00. The second kappa shape index (κ2) is 8.97. The van der Waals surface area contributed by atoms with Crippen molar-refractivity contribution in [1.82, 2.24) is 5.32 Å². The molecule has 1 unspecified atom stereocenters. The van der Waals surface area contributed by atoms with E-state index in [1.54, 1.807) is 7.11 Å². The molecule has 0 aliphatic heterocycles. The molecule has 96 valence electrons. The van der Waals surface area contributed by atoms with E-state index in [4.69, 9.17) is 9.47 Å². The van der Waals surface area contributed by atoms with Gasteiger partial charge in [0.1, 0.15) is 0 Å². The average Bonchev–Trinajstić information content (AvgIpc) is 3.11. The summed E-state index contributed by atoms with van der Waals surface area (Å²) in [5.74, 6) is 0.950. The van der Waals surface area contributed by atoms with Gasteiger partial charge in [0.25, 0.3) is 0 Å². The molecule has 1 saturated carbocycles. The molecule has 0 aromatic heterocycles. The zero-order valence-corrected chi connectivity index (χ0v) is 10.8. The summed E-state index contributed by atoms with van der Waals surface area (Å²) in [6, 6.07) is 0.742. The fourth-order valence-electron chi connectivity index (χ4n) is 1.98. The predicted molar refractivity (Wildman–Crippen MR) is 66.7 cm³/mol. The van der Waals surface area contributed by atoms with Crippen LogP contribution in [0.15, 0.2) is 0 Å². The lowest BCUT2D eigenvalue weighted by molar-refractivity contribution is 0.0675. The lowest BCUT2D eigenvalue weighted by atomic mass is 10.1. The summed E-state index contributed by atoms with van der Waals surface area (Å²) in [6.45, 7) is 5.70. The number of hydrogen-bond donors (Lipinski definition) is 1. The Bertz CT molecular complexity index is 160. The molecular weight excluding hydrogens is 202 g/mol. The normalized spacial score (nSPS) is 17.6. The first-order valence-electron chi connectivity index (χ1n) is 6.68. The third-order valence-corrected chi connectivity index (χ3v) is 3.08. The Balaban J connectivity index is 1.95. The van der Waals surface area contributed by atoms with Gasteiger partial charge in [-0.25, -0.2) is 0 Å². The second-order valence-electron chi connectivity index (χ2n) is 4.65. The maximum atomic E-state index is 5.48. The van der Waals surface area contributed by atoms with Gasteiger partial charge in [-0.2, -0.15) is 0 Å². The fourth-order valence-corrected chi connectivity index (χ4v) is 1.98. The Morgan fingerprint density at radius 2 is 2.06 bits per heavy atom. The molecule has 1 aliphatic rings. The molecule has 0 heterocycles. The van der Waals surface area contributed by atoms with E-state index in [1.807, 2.05) is 0 Å². The van der Waals surface area contributed by atoms with Gasteiger partial charge in [-0.15, -0.1) is 0 Å². The highest BCUT2D eigenvalue weighted by atomic mass is 16.5. The van der Waals surface area contributed by atoms with Crippen molar-refractivity contribution in [2.45, 2.75) is 45.1 Å². The maximum absolute atomic E-state index is 5.48. The van der Waals surface area contributed by atoms with Gasteiger partial charge >= 0.3 is 0 Å². The molecule has 1 aliphatic carbocycles. The zero-order chi connectivity index (χ0) is 11.6. The summed E-state index contributed by atoms with van der Waals surface area (Å²) in [6.07, 6.45) is 6.50. The molecule has 1 rings (SSSR count). The van der Waals surface area contributed by atoms with Gasteiger partial charge in [0, 0.05) is 19.8 Å². The Hall–Kier alpha value is -0.120. The molecule has 0 spiro atoms. The van der Waals surface area contributed by atoms with Crippen molar-refractivity contribution in [2.75, 3.05) is 33.5 Å². The predicted octanol–water partition coefficient (Wildman–Crippen LogP) is 2.21. The third-order valence-electron chi connectivity index (χ3n) is 3.08. The van der Waals surface area contributed by atoms with Crippen LogP contribution in [0.4, 0.5) is 0 Å². The van der Waals surface area contributed by atoms with E-state index >= 15 is 0 Å². The van der Waals surface area contributed by atoms with Crippen LogP contribution in [0.1, 0.15) is 39.0 Å². The van der Waals surface area contributed by atoms with Crippen LogP contribution in [0.2, 0.25) is 0 Å². The summed E-state index contributed by atoms with van der Waals surface area (Å²) in [4.78, 5) is 0. The largest absolute Gasteiger partial charge is 0.382 e. The van der Waals surface area contributed by atoms with Gasteiger partial charge in [-0.05, 0) is 44.6 Å². The summed E-state index contributed by atoms with van der Waals surface area (Å²) in [7, 11) is 1.71. The first-order valence-corrected chi connectivity index (χ1v) is 6.68. The highest BCUT2D eigenvalue weighted by molar-refractivity contribution is 4.86.